The van der Waals surface area contributed by atoms with Gasteiger partial charge in [-0.3, -0.25) is 9.59 Å². The van der Waals surface area contributed by atoms with Gasteiger partial charge in [0.1, 0.15) is 22.7 Å². The number of nitrogens with zero attached hydrogens (tertiary/aromatic N) is 5. The number of aryl methyl sites for hydroxylation is 3. The van der Waals surface area contributed by atoms with E-state index in [4.69, 9.17) is 4.52 Å². The number of aromatic nitrogens is 5. The third-order valence-electron chi connectivity index (χ3n) is 9.56. The topological polar surface area (TPSA) is 120 Å². The minimum absolute atomic E-state index is 0.0570. The number of rotatable bonds is 8. The van der Waals surface area contributed by atoms with Gasteiger partial charge in [-0.25, -0.2) is 18.1 Å². The van der Waals surface area contributed by atoms with E-state index in [2.05, 4.69) is 26.0 Å². The number of nitrogens with one attached hydrogen (secondary N) is 2. The van der Waals surface area contributed by atoms with E-state index < -0.39 is 47.2 Å². The molecule has 0 spiro atoms. The number of hydrogen-bond donors (Lipinski definition) is 2. The molecular weight excluding hydrogens is 778 g/mol. The molecule has 0 aliphatic heterocycles. The fraction of sp³-hybridized carbons (Fsp3) is 0.275. The van der Waals surface area contributed by atoms with E-state index in [1.165, 1.54) is 24.3 Å². The predicted octanol–water partition coefficient (Wildman–Crippen LogP) is 10.2. The molecule has 0 unspecified atom stereocenters. The summed E-state index contributed by atoms with van der Waals surface area (Å²) >= 11 is 0. The summed E-state index contributed by atoms with van der Waals surface area (Å²) in [4.78, 5) is 24.8. The van der Waals surface area contributed by atoms with Crippen molar-refractivity contribution in [2.24, 2.45) is 0 Å². The molecule has 2 aliphatic carbocycles. The van der Waals surface area contributed by atoms with E-state index in [0.717, 1.165) is 64.9 Å². The molecule has 2 saturated carbocycles. The molecule has 3 aromatic heterocycles. The maximum absolute atomic E-state index is 14.7. The monoisotopic (exact) mass is 811 g/mol. The van der Waals surface area contributed by atoms with Crippen molar-refractivity contribution in [3.05, 3.63) is 135 Å². The highest BCUT2D eigenvalue weighted by Gasteiger charge is 2.40. The van der Waals surface area contributed by atoms with E-state index in [9.17, 15) is 44.7 Å². The van der Waals surface area contributed by atoms with Crippen LogP contribution in [0.2, 0.25) is 0 Å². The van der Waals surface area contributed by atoms with E-state index in [0.29, 0.717) is 28.4 Å². The van der Waals surface area contributed by atoms with Crippen molar-refractivity contribution in [3.8, 4) is 11.4 Å². The summed E-state index contributed by atoms with van der Waals surface area (Å²) in [6.45, 7) is 4.96. The molecule has 2 amide bonds. The third kappa shape index (κ3) is 8.50. The summed E-state index contributed by atoms with van der Waals surface area (Å²) in [7, 11) is 0. The number of amides is 2. The Morgan fingerprint density at radius 3 is 1.53 bits per heavy atom. The van der Waals surface area contributed by atoms with E-state index in [1.807, 2.05) is 0 Å². The lowest BCUT2D eigenvalue weighted by Gasteiger charge is -2.11. The summed E-state index contributed by atoms with van der Waals surface area (Å²) in [6.07, 6.45) is -6.27. The Kier molecular flexibility index (Phi) is 10.5. The van der Waals surface area contributed by atoms with E-state index >= 15 is 0 Å². The van der Waals surface area contributed by atoms with E-state index in [1.54, 1.807) is 45.0 Å². The summed E-state index contributed by atoms with van der Waals surface area (Å²) < 4.78 is 115. The molecule has 10 nitrogen and oxygen atoms in total. The smallest absolute Gasteiger partial charge is 0.361 e. The van der Waals surface area contributed by atoms with Gasteiger partial charge in [0.2, 0.25) is 0 Å². The van der Waals surface area contributed by atoms with Crippen molar-refractivity contribution in [1.82, 2.24) is 24.7 Å². The van der Waals surface area contributed by atoms with Gasteiger partial charge in [0.05, 0.1) is 5.69 Å². The van der Waals surface area contributed by atoms with Crippen LogP contribution in [0.25, 0.3) is 11.4 Å². The number of carbonyl (C=O) groups is 2. The molecule has 2 N–H and O–H groups in total. The number of hydrogen-bond acceptors (Lipinski definition) is 6. The Hall–Kier alpha value is -6.33. The number of carbonyl (C=O) groups excluding carboxylic acids is 2. The average Bonchev–Trinajstić information content (AvgIpc) is 4.06. The maximum atomic E-state index is 14.7. The highest BCUT2D eigenvalue weighted by atomic mass is 19.4. The standard InChI is InChI=1S/C21H17F4N3O.C19H16F4N4O2/c1-12-4-2-3-5-15(12)20(29)26-14-8-9-17(16(22)10-14)28-18(13-6-7-13)11-19(27-28)21(23,24)25;1-9-17(10(2)29-26-9)18(28)24-12-5-6-14(13(20)7-12)27-15(11-3-4-11)8-16(25-27)19(21,22)23/h2-5,8-11,13H,6-7H2,1H3,(H,26,29);5-8,11H,3-4H2,1-2H3,(H,24,28). The molecule has 58 heavy (non-hydrogen) atoms. The summed E-state index contributed by atoms with van der Waals surface area (Å²) in [5, 5.41) is 16.0. The molecular formula is C40H33F8N7O3. The molecule has 302 valence electrons. The molecule has 2 fully saturated rings. The van der Waals surface area contributed by atoms with Crippen molar-refractivity contribution >= 4 is 23.2 Å². The van der Waals surface area contributed by atoms with E-state index in [-0.39, 0.29) is 40.1 Å². The van der Waals surface area contributed by atoms with Crippen LogP contribution in [0.5, 0.6) is 0 Å². The van der Waals surface area contributed by atoms with Crippen LogP contribution in [0, 0.1) is 32.4 Å². The number of alkyl halides is 6. The summed E-state index contributed by atoms with van der Waals surface area (Å²) in [6, 6.07) is 16.5. The molecule has 2 aliphatic rings. The molecule has 8 rings (SSSR count). The molecule has 0 bridgehead atoms. The number of benzene rings is 3. The van der Waals surface area contributed by atoms with Crippen LogP contribution in [-0.2, 0) is 12.4 Å². The first kappa shape index (κ1) is 39.9. The first-order chi connectivity index (χ1) is 27.4. The minimum Gasteiger partial charge on any atom is -0.361 e. The molecule has 6 aromatic rings. The van der Waals surface area contributed by atoms with Gasteiger partial charge in [-0.1, -0.05) is 23.4 Å². The molecule has 0 radical (unpaired) electrons. The SMILES string of the molecule is Cc1ccccc1C(=O)Nc1ccc(-n2nc(C(F)(F)F)cc2C2CC2)c(F)c1.Cc1noc(C)c1C(=O)Nc1ccc(-n2nc(C(F)(F)F)cc2C2CC2)c(F)c1. The van der Waals surface area contributed by atoms with Crippen LogP contribution >= 0.6 is 0 Å². The normalized spacial score (nSPS) is 14.2. The maximum Gasteiger partial charge on any atom is 0.435 e. The average molecular weight is 812 g/mol. The largest absolute Gasteiger partial charge is 0.435 e. The number of halogens is 8. The Bertz CT molecular complexity index is 2510. The minimum atomic E-state index is -4.62. The molecule has 18 heteroatoms. The van der Waals surface area contributed by atoms with Gasteiger partial charge >= 0.3 is 12.4 Å². The lowest BCUT2D eigenvalue weighted by molar-refractivity contribution is -0.142. The zero-order valence-electron chi connectivity index (χ0n) is 30.9. The van der Waals surface area contributed by atoms with Crippen LogP contribution in [0.1, 0.15) is 98.0 Å². The Morgan fingerprint density at radius 1 is 0.672 bits per heavy atom. The van der Waals surface area contributed by atoms with Crippen LogP contribution in [0.3, 0.4) is 0 Å². The second-order valence-electron chi connectivity index (χ2n) is 14.0. The Morgan fingerprint density at radius 2 is 1.14 bits per heavy atom. The molecule has 0 atom stereocenters. The van der Waals surface area contributed by atoms with Crippen molar-refractivity contribution in [1.29, 1.82) is 0 Å². The van der Waals surface area contributed by atoms with Gasteiger partial charge < -0.3 is 15.2 Å². The Labute approximate surface area is 324 Å². The zero-order valence-corrected chi connectivity index (χ0v) is 30.9. The predicted molar refractivity (Wildman–Crippen MR) is 194 cm³/mol. The highest BCUT2D eigenvalue weighted by molar-refractivity contribution is 6.06. The highest BCUT2D eigenvalue weighted by Crippen LogP contribution is 2.44. The summed E-state index contributed by atoms with van der Waals surface area (Å²) in [5.41, 5.74) is 0.566. The fourth-order valence-electron chi connectivity index (χ4n) is 6.33. The van der Waals surface area contributed by atoms with Gasteiger partial charge in [-0.05, 0) is 107 Å². The van der Waals surface area contributed by atoms with Crippen molar-refractivity contribution in [2.75, 3.05) is 10.6 Å². The Balaban J connectivity index is 0.000000177. The molecule has 0 saturated heterocycles. The first-order valence-corrected chi connectivity index (χ1v) is 17.9. The van der Waals surface area contributed by atoms with Crippen LogP contribution in [0.15, 0.2) is 77.3 Å². The lowest BCUT2D eigenvalue weighted by atomic mass is 10.1. The third-order valence-corrected chi connectivity index (χ3v) is 9.56. The van der Waals surface area contributed by atoms with Crippen LogP contribution in [-0.4, -0.2) is 36.5 Å². The number of anilines is 2. The van der Waals surface area contributed by atoms with Crippen molar-refractivity contribution in [3.63, 3.8) is 0 Å². The van der Waals surface area contributed by atoms with Gasteiger partial charge in [0.25, 0.3) is 11.8 Å². The second kappa shape index (κ2) is 15.2. The van der Waals surface area contributed by atoms with Crippen LogP contribution < -0.4 is 10.6 Å². The van der Waals surface area contributed by atoms with Crippen LogP contribution in [0.4, 0.5) is 46.5 Å². The molecule has 3 aromatic carbocycles. The fourth-order valence-corrected chi connectivity index (χ4v) is 6.33. The second-order valence-corrected chi connectivity index (χ2v) is 14.0. The van der Waals surface area contributed by atoms with Gasteiger partial charge in [-0.2, -0.15) is 36.5 Å². The lowest BCUT2D eigenvalue weighted by Crippen LogP contribution is -2.14. The van der Waals surface area contributed by atoms with Crippen molar-refractivity contribution in [2.45, 2.75) is 70.6 Å². The molecule has 3 heterocycles. The first-order valence-electron chi connectivity index (χ1n) is 17.9. The van der Waals surface area contributed by atoms with Crippen molar-refractivity contribution < 1.29 is 49.2 Å². The quantitative estimate of drug-likeness (QED) is 0.148. The zero-order chi connectivity index (χ0) is 41.7. The van der Waals surface area contributed by atoms with Gasteiger partial charge in [-0.15, -0.1) is 0 Å². The van der Waals surface area contributed by atoms with Gasteiger partial charge in [0, 0.05) is 40.2 Å². The van der Waals surface area contributed by atoms with Gasteiger partial charge in [0.15, 0.2) is 23.0 Å². The summed E-state index contributed by atoms with van der Waals surface area (Å²) in [5.74, 6) is -2.30.